The van der Waals surface area contributed by atoms with Gasteiger partial charge < -0.3 is 5.73 Å². The van der Waals surface area contributed by atoms with Gasteiger partial charge in [-0.05, 0) is 56.8 Å². The van der Waals surface area contributed by atoms with Crippen LogP contribution in [0.25, 0.3) is 0 Å². The lowest BCUT2D eigenvalue weighted by Gasteiger charge is -2.38. The molecule has 0 bridgehead atoms. The molecule has 2 nitrogen and oxygen atoms in total. The molecule has 0 amide bonds. The van der Waals surface area contributed by atoms with Crippen molar-refractivity contribution in [2.45, 2.75) is 38.8 Å². The second-order valence-corrected chi connectivity index (χ2v) is 6.40. The molecule has 3 atom stereocenters. The summed E-state index contributed by atoms with van der Waals surface area (Å²) < 4.78 is 1.16. The van der Waals surface area contributed by atoms with Crippen molar-refractivity contribution in [3.63, 3.8) is 0 Å². The number of nitrogens with two attached hydrogens (primary N) is 1. The first kappa shape index (κ1) is 14.0. The van der Waals surface area contributed by atoms with Crippen molar-refractivity contribution in [2.75, 3.05) is 13.1 Å². The summed E-state index contributed by atoms with van der Waals surface area (Å²) in [6.45, 7) is 6.76. The van der Waals surface area contributed by atoms with Gasteiger partial charge in [-0.1, -0.05) is 28.1 Å². The van der Waals surface area contributed by atoms with Crippen molar-refractivity contribution < 1.29 is 0 Å². The quantitative estimate of drug-likeness (QED) is 0.924. The molecule has 2 rings (SSSR count). The number of hydrogen-bond donors (Lipinski definition) is 1. The van der Waals surface area contributed by atoms with Crippen molar-refractivity contribution in [3.05, 3.63) is 34.3 Å². The van der Waals surface area contributed by atoms with Crippen LogP contribution in [0, 0.1) is 5.92 Å². The molecule has 18 heavy (non-hydrogen) atoms. The molecule has 1 saturated heterocycles. The summed E-state index contributed by atoms with van der Waals surface area (Å²) in [6, 6.07) is 9.41. The highest BCUT2D eigenvalue weighted by molar-refractivity contribution is 9.10. The standard InChI is InChI=1S/C15H23BrN2/c1-11(17)14-6-4-8-18(10-14)12(2)13-5-3-7-15(16)9-13/h3,5,7,9,11-12,14H,4,6,8,10,17H2,1-2H3. The number of halogens is 1. The molecule has 0 radical (unpaired) electrons. The summed E-state index contributed by atoms with van der Waals surface area (Å²) in [5.41, 5.74) is 7.44. The smallest absolute Gasteiger partial charge is 0.0320 e. The predicted octanol–water partition coefficient (Wildman–Crippen LogP) is 3.57. The van der Waals surface area contributed by atoms with E-state index in [1.807, 2.05) is 0 Å². The van der Waals surface area contributed by atoms with Crippen LogP contribution in [0.2, 0.25) is 0 Å². The molecule has 1 aliphatic heterocycles. The SMILES string of the molecule is CC(N)C1CCCN(C(C)c2cccc(Br)c2)C1. The number of benzene rings is 1. The van der Waals surface area contributed by atoms with E-state index in [4.69, 9.17) is 5.73 Å². The summed E-state index contributed by atoms with van der Waals surface area (Å²) in [4.78, 5) is 2.57. The molecule has 3 heteroatoms. The minimum atomic E-state index is 0.308. The molecule has 0 saturated carbocycles. The molecule has 2 N–H and O–H groups in total. The van der Waals surface area contributed by atoms with Crippen molar-refractivity contribution in [1.82, 2.24) is 4.90 Å². The van der Waals surface area contributed by atoms with E-state index in [2.05, 4.69) is 58.9 Å². The zero-order valence-corrected chi connectivity index (χ0v) is 12.9. The third-order valence-corrected chi connectivity index (χ3v) is 4.60. The molecule has 0 aliphatic carbocycles. The Morgan fingerprint density at radius 3 is 2.83 bits per heavy atom. The first-order chi connectivity index (χ1) is 8.58. The van der Waals surface area contributed by atoms with Gasteiger partial charge in [0.25, 0.3) is 0 Å². The van der Waals surface area contributed by atoms with E-state index < -0.39 is 0 Å². The Morgan fingerprint density at radius 2 is 2.17 bits per heavy atom. The number of rotatable bonds is 3. The van der Waals surface area contributed by atoms with Crippen LogP contribution in [0.1, 0.15) is 38.3 Å². The van der Waals surface area contributed by atoms with Crippen LogP contribution in [-0.2, 0) is 0 Å². The van der Waals surface area contributed by atoms with Crippen LogP contribution in [0.3, 0.4) is 0 Å². The first-order valence-electron chi connectivity index (χ1n) is 6.83. The van der Waals surface area contributed by atoms with Crippen LogP contribution in [0.15, 0.2) is 28.7 Å². The van der Waals surface area contributed by atoms with Gasteiger partial charge in [-0.25, -0.2) is 0 Å². The lowest BCUT2D eigenvalue weighted by Crippen LogP contribution is -2.43. The maximum atomic E-state index is 6.06. The van der Waals surface area contributed by atoms with E-state index in [-0.39, 0.29) is 0 Å². The van der Waals surface area contributed by atoms with Gasteiger partial charge in [0, 0.05) is 23.1 Å². The topological polar surface area (TPSA) is 29.3 Å². The van der Waals surface area contributed by atoms with Crippen LogP contribution < -0.4 is 5.73 Å². The van der Waals surface area contributed by atoms with E-state index in [0.29, 0.717) is 18.0 Å². The highest BCUT2D eigenvalue weighted by atomic mass is 79.9. The van der Waals surface area contributed by atoms with E-state index >= 15 is 0 Å². The van der Waals surface area contributed by atoms with Gasteiger partial charge in [0.15, 0.2) is 0 Å². The molecule has 0 spiro atoms. The average Bonchev–Trinajstić information content (AvgIpc) is 2.38. The van der Waals surface area contributed by atoms with Crippen molar-refractivity contribution in [2.24, 2.45) is 11.7 Å². The van der Waals surface area contributed by atoms with Gasteiger partial charge in [-0.3, -0.25) is 4.90 Å². The zero-order chi connectivity index (χ0) is 13.1. The highest BCUT2D eigenvalue weighted by Crippen LogP contribution is 2.28. The molecular formula is C15H23BrN2. The van der Waals surface area contributed by atoms with E-state index in [9.17, 15) is 0 Å². The summed E-state index contributed by atoms with van der Waals surface area (Å²) >= 11 is 3.55. The minimum Gasteiger partial charge on any atom is -0.328 e. The van der Waals surface area contributed by atoms with Crippen LogP contribution >= 0.6 is 15.9 Å². The summed E-state index contributed by atoms with van der Waals surface area (Å²) in [5, 5.41) is 0. The minimum absolute atomic E-state index is 0.308. The number of hydrogen-bond acceptors (Lipinski definition) is 2. The Labute approximate surface area is 119 Å². The monoisotopic (exact) mass is 310 g/mol. The molecule has 1 fully saturated rings. The van der Waals surface area contributed by atoms with Gasteiger partial charge in [-0.15, -0.1) is 0 Å². The Kier molecular flexibility index (Phi) is 4.82. The molecular weight excluding hydrogens is 288 g/mol. The van der Waals surface area contributed by atoms with Gasteiger partial charge in [0.05, 0.1) is 0 Å². The lowest BCUT2D eigenvalue weighted by molar-refractivity contribution is 0.121. The Hall–Kier alpha value is -0.380. The summed E-state index contributed by atoms with van der Waals surface area (Å²) in [7, 11) is 0. The molecule has 3 unspecified atom stereocenters. The summed E-state index contributed by atoms with van der Waals surface area (Å²) in [5.74, 6) is 0.647. The van der Waals surface area contributed by atoms with Crippen molar-refractivity contribution in [3.8, 4) is 0 Å². The fourth-order valence-electron chi connectivity index (χ4n) is 2.80. The maximum absolute atomic E-state index is 6.06. The molecule has 1 aromatic rings. The van der Waals surface area contributed by atoms with Gasteiger partial charge in [0.2, 0.25) is 0 Å². The zero-order valence-electron chi connectivity index (χ0n) is 11.3. The fourth-order valence-corrected chi connectivity index (χ4v) is 3.22. The normalized spacial score (nSPS) is 24.8. The van der Waals surface area contributed by atoms with Gasteiger partial charge in [0.1, 0.15) is 0 Å². The van der Waals surface area contributed by atoms with Crippen molar-refractivity contribution in [1.29, 1.82) is 0 Å². The largest absolute Gasteiger partial charge is 0.328 e. The maximum Gasteiger partial charge on any atom is 0.0320 e. The van der Waals surface area contributed by atoms with Gasteiger partial charge in [-0.2, -0.15) is 0 Å². The van der Waals surface area contributed by atoms with E-state index in [1.54, 1.807) is 0 Å². The first-order valence-corrected chi connectivity index (χ1v) is 7.62. The van der Waals surface area contributed by atoms with Gasteiger partial charge >= 0.3 is 0 Å². The second kappa shape index (κ2) is 6.18. The fraction of sp³-hybridized carbons (Fsp3) is 0.600. The van der Waals surface area contributed by atoms with Crippen molar-refractivity contribution >= 4 is 15.9 Å². The Balaban J connectivity index is 2.06. The highest BCUT2D eigenvalue weighted by Gasteiger charge is 2.26. The Bertz CT molecular complexity index is 392. The van der Waals surface area contributed by atoms with Crippen LogP contribution in [0.4, 0.5) is 0 Å². The molecule has 1 aliphatic rings. The Morgan fingerprint density at radius 1 is 1.39 bits per heavy atom. The summed E-state index contributed by atoms with van der Waals surface area (Å²) in [6.07, 6.45) is 2.55. The average molecular weight is 311 g/mol. The van der Waals surface area contributed by atoms with Crippen LogP contribution in [-0.4, -0.2) is 24.0 Å². The second-order valence-electron chi connectivity index (χ2n) is 5.49. The third kappa shape index (κ3) is 3.34. The molecule has 100 valence electrons. The van der Waals surface area contributed by atoms with Crippen LogP contribution in [0.5, 0.6) is 0 Å². The lowest BCUT2D eigenvalue weighted by atomic mass is 9.90. The third-order valence-electron chi connectivity index (χ3n) is 4.11. The van der Waals surface area contributed by atoms with E-state index in [0.717, 1.165) is 11.0 Å². The molecule has 0 aromatic heterocycles. The number of piperidine rings is 1. The molecule has 1 heterocycles. The number of nitrogens with zero attached hydrogens (tertiary/aromatic N) is 1. The number of likely N-dealkylation sites (tertiary alicyclic amines) is 1. The molecule has 1 aromatic carbocycles. The van der Waals surface area contributed by atoms with E-state index in [1.165, 1.54) is 24.9 Å². The predicted molar refractivity (Wildman–Crippen MR) is 80.5 cm³/mol.